The van der Waals surface area contributed by atoms with Crippen LogP contribution < -0.4 is 16.6 Å². The number of nitrogens with zero attached hydrogens (tertiary/aromatic N) is 3. The van der Waals surface area contributed by atoms with E-state index in [-0.39, 0.29) is 23.0 Å². The summed E-state index contributed by atoms with van der Waals surface area (Å²) in [7, 11) is 2.96. The maximum absolute atomic E-state index is 12.3. The van der Waals surface area contributed by atoms with E-state index in [1.807, 2.05) is 6.92 Å². The van der Waals surface area contributed by atoms with Gasteiger partial charge in [0.05, 0.1) is 10.9 Å². The van der Waals surface area contributed by atoms with Gasteiger partial charge in [0.1, 0.15) is 5.65 Å². The van der Waals surface area contributed by atoms with Crippen molar-refractivity contribution in [2.24, 2.45) is 20.0 Å². The molecule has 0 bridgehead atoms. The molecule has 1 aliphatic rings. The number of pyridine rings is 1. The van der Waals surface area contributed by atoms with Gasteiger partial charge in [0.2, 0.25) is 0 Å². The van der Waals surface area contributed by atoms with Crippen LogP contribution in [-0.4, -0.2) is 26.1 Å². The lowest BCUT2D eigenvalue weighted by atomic mass is 10.1. The van der Waals surface area contributed by atoms with Crippen molar-refractivity contribution in [1.82, 2.24) is 19.4 Å². The Kier molecular flexibility index (Phi) is 3.35. The van der Waals surface area contributed by atoms with Crippen molar-refractivity contribution in [3.63, 3.8) is 0 Å². The van der Waals surface area contributed by atoms with Gasteiger partial charge in [-0.2, -0.15) is 0 Å². The molecule has 2 aromatic heterocycles. The number of aromatic nitrogens is 3. The van der Waals surface area contributed by atoms with E-state index in [9.17, 15) is 14.4 Å². The first kappa shape index (κ1) is 14.5. The van der Waals surface area contributed by atoms with Crippen LogP contribution >= 0.6 is 0 Å². The molecule has 116 valence electrons. The molecule has 0 aliphatic heterocycles. The summed E-state index contributed by atoms with van der Waals surface area (Å²) in [5.41, 5.74) is -0.282. The minimum atomic E-state index is -0.449. The summed E-state index contributed by atoms with van der Waals surface area (Å²) in [6.07, 6.45) is 3.68. The lowest BCUT2D eigenvalue weighted by Gasteiger charge is -2.13. The number of hydrogen-bond donors (Lipinski definition) is 1. The summed E-state index contributed by atoms with van der Waals surface area (Å²) in [6, 6.07) is 1.62. The van der Waals surface area contributed by atoms with Gasteiger partial charge in [0.15, 0.2) is 0 Å². The molecular formula is C15H18N4O3. The quantitative estimate of drug-likeness (QED) is 0.875. The van der Waals surface area contributed by atoms with Crippen LogP contribution in [-0.2, 0) is 14.1 Å². The van der Waals surface area contributed by atoms with Gasteiger partial charge in [0, 0.05) is 26.3 Å². The lowest BCUT2D eigenvalue weighted by Crippen LogP contribution is -2.38. The predicted molar refractivity (Wildman–Crippen MR) is 81.9 cm³/mol. The largest absolute Gasteiger partial charge is 0.349 e. The molecule has 2 aromatic rings. The highest BCUT2D eigenvalue weighted by Gasteiger charge is 2.29. The minimum absolute atomic E-state index is 0.117. The maximum Gasteiger partial charge on any atom is 0.332 e. The lowest BCUT2D eigenvalue weighted by molar-refractivity contribution is 0.0935. The topological polar surface area (TPSA) is 86.0 Å². The number of rotatable bonds is 3. The van der Waals surface area contributed by atoms with E-state index < -0.39 is 11.2 Å². The van der Waals surface area contributed by atoms with E-state index in [4.69, 9.17) is 0 Å². The molecule has 7 heteroatoms. The molecule has 7 nitrogen and oxygen atoms in total. The van der Waals surface area contributed by atoms with Crippen LogP contribution in [0.25, 0.3) is 11.0 Å². The fourth-order valence-electron chi connectivity index (χ4n) is 2.59. The molecule has 22 heavy (non-hydrogen) atoms. The summed E-state index contributed by atoms with van der Waals surface area (Å²) >= 11 is 0. The Balaban J connectivity index is 2.04. The van der Waals surface area contributed by atoms with Crippen LogP contribution in [0, 0.1) is 5.92 Å². The summed E-state index contributed by atoms with van der Waals surface area (Å²) in [5, 5.41) is 3.19. The number of hydrogen-bond acceptors (Lipinski definition) is 4. The van der Waals surface area contributed by atoms with Gasteiger partial charge >= 0.3 is 5.69 Å². The van der Waals surface area contributed by atoms with E-state index in [1.54, 1.807) is 7.05 Å². The number of nitrogens with one attached hydrogen (secondary N) is 1. The normalized spacial score (nSPS) is 15.8. The van der Waals surface area contributed by atoms with E-state index in [2.05, 4.69) is 10.3 Å². The van der Waals surface area contributed by atoms with E-state index in [1.165, 1.54) is 23.9 Å². The van der Waals surface area contributed by atoms with Crippen molar-refractivity contribution in [3.8, 4) is 0 Å². The minimum Gasteiger partial charge on any atom is -0.349 e. The number of carbonyl (C=O) groups excluding carboxylic acids is 1. The number of amides is 1. The number of fused-ring (bicyclic) bond motifs is 1. The van der Waals surface area contributed by atoms with Crippen LogP contribution in [0.5, 0.6) is 0 Å². The molecule has 1 fully saturated rings. The second-order valence-electron chi connectivity index (χ2n) is 5.90. The highest BCUT2D eigenvalue weighted by molar-refractivity contribution is 5.96. The van der Waals surface area contributed by atoms with Crippen LogP contribution in [0.1, 0.15) is 30.1 Å². The predicted octanol–water partition coefficient (Wildman–Crippen LogP) is 0.160. The summed E-state index contributed by atoms with van der Waals surface area (Å²) in [4.78, 5) is 40.4. The fraction of sp³-hybridized carbons (Fsp3) is 0.467. The molecule has 1 saturated carbocycles. The first-order valence-corrected chi connectivity index (χ1v) is 7.26. The van der Waals surface area contributed by atoms with Gasteiger partial charge in [-0.1, -0.05) is 0 Å². The van der Waals surface area contributed by atoms with Crippen LogP contribution in [0.4, 0.5) is 0 Å². The van der Waals surface area contributed by atoms with Gasteiger partial charge in [-0.3, -0.25) is 18.7 Å². The van der Waals surface area contributed by atoms with Gasteiger partial charge < -0.3 is 5.32 Å². The van der Waals surface area contributed by atoms with Crippen LogP contribution in [0.15, 0.2) is 21.9 Å². The zero-order valence-corrected chi connectivity index (χ0v) is 12.8. The second kappa shape index (κ2) is 5.08. The Hall–Kier alpha value is -2.44. The van der Waals surface area contributed by atoms with E-state index >= 15 is 0 Å². The van der Waals surface area contributed by atoms with Crippen molar-refractivity contribution < 1.29 is 4.79 Å². The van der Waals surface area contributed by atoms with Crippen molar-refractivity contribution in [2.45, 2.75) is 25.8 Å². The maximum atomic E-state index is 12.3. The molecule has 1 amide bonds. The third kappa shape index (κ3) is 2.32. The van der Waals surface area contributed by atoms with Crippen LogP contribution in [0.3, 0.4) is 0 Å². The van der Waals surface area contributed by atoms with E-state index in [0.717, 1.165) is 17.4 Å². The third-order valence-corrected chi connectivity index (χ3v) is 4.24. The molecule has 1 atom stereocenters. The summed E-state index contributed by atoms with van der Waals surface area (Å²) in [6.45, 7) is 1.98. The Morgan fingerprint density at radius 1 is 1.32 bits per heavy atom. The molecule has 3 rings (SSSR count). The SMILES string of the molecule is CC(NC(=O)c1cnc2c(c1)c(=O)n(C)c(=O)n2C)C1CC1. The Bertz CT molecular complexity index is 877. The van der Waals surface area contributed by atoms with Gasteiger partial charge in [-0.05, 0) is 31.7 Å². The van der Waals surface area contributed by atoms with Crippen molar-refractivity contribution in [1.29, 1.82) is 0 Å². The van der Waals surface area contributed by atoms with Gasteiger partial charge in [-0.25, -0.2) is 9.78 Å². The molecular weight excluding hydrogens is 284 g/mol. The first-order valence-electron chi connectivity index (χ1n) is 7.26. The van der Waals surface area contributed by atoms with Gasteiger partial charge in [0.25, 0.3) is 11.5 Å². The monoisotopic (exact) mass is 302 g/mol. The average molecular weight is 302 g/mol. The molecule has 0 aromatic carbocycles. The van der Waals surface area contributed by atoms with Crippen molar-refractivity contribution >= 4 is 16.9 Å². The number of carbonyl (C=O) groups is 1. The number of aryl methyl sites for hydroxylation is 1. The van der Waals surface area contributed by atoms with Crippen molar-refractivity contribution in [2.75, 3.05) is 0 Å². The molecule has 1 N–H and O–H groups in total. The molecule has 1 unspecified atom stereocenters. The first-order chi connectivity index (χ1) is 10.4. The second-order valence-corrected chi connectivity index (χ2v) is 5.90. The average Bonchev–Trinajstić information content (AvgIpc) is 3.35. The van der Waals surface area contributed by atoms with Crippen molar-refractivity contribution in [3.05, 3.63) is 38.7 Å². The van der Waals surface area contributed by atoms with Gasteiger partial charge in [-0.15, -0.1) is 0 Å². The Labute approximate surface area is 126 Å². The standard InChI is InChI=1S/C15H18N4O3/c1-8(9-4-5-9)17-13(20)10-6-11-12(16-7-10)18(2)15(22)19(3)14(11)21/h6-9H,4-5H2,1-3H3,(H,17,20). The fourth-order valence-corrected chi connectivity index (χ4v) is 2.59. The molecule has 1 aliphatic carbocycles. The zero-order chi connectivity index (χ0) is 16.0. The molecule has 0 spiro atoms. The zero-order valence-electron chi connectivity index (χ0n) is 12.8. The molecule has 2 heterocycles. The van der Waals surface area contributed by atoms with Crippen LogP contribution in [0.2, 0.25) is 0 Å². The van der Waals surface area contributed by atoms with E-state index in [0.29, 0.717) is 11.5 Å². The summed E-state index contributed by atoms with van der Waals surface area (Å²) < 4.78 is 2.31. The third-order valence-electron chi connectivity index (χ3n) is 4.24. The Morgan fingerprint density at radius 2 is 2.00 bits per heavy atom. The Morgan fingerprint density at radius 3 is 2.64 bits per heavy atom. The highest BCUT2D eigenvalue weighted by atomic mass is 16.2. The highest BCUT2D eigenvalue weighted by Crippen LogP contribution is 2.32. The smallest absolute Gasteiger partial charge is 0.332 e. The summed E-state index contributed by atoms with van der Waals surface area (Å²) in [5.74, 6) is 0.302. The molecule has 0 radical (unpaired) electrons. The molecule has 0 saturated heterocycles.